The number of aromatic carboxylic acids is 1. The average Bonchev–Trinajstić information content (AvgIpc) is 2.38. The molecular weight excluding hydrogens is 347 g/mol. The van der Waals surface area contributed by atoms with Gasteiger partial charge in [-0.3, -0.25) is 0 Å². The van der Waals surface area contributed by atoms with Crippen LogP contribution >= 0.6 is 11.6 Å². The highest BCUT2D eigenvalue weighted by molar-refractivity contribution is 6.31. The summed E-state index contributed by atoms with van der Waals surface area (Å²) in [7, 11) is 0. The van der Waals surface area contributed by atoms with Gasteiger partial charge in [0.1, 0.15) is 28.7 Å². The van der Waals surface area contributed by atoms with E-state index in [1.54, 1.807) is 0 Å². The molecular formula is C14H6ClF5O3. The van der Waals surface area contributed by atoms with Crippen molar-refractivity contribution in [3.05, 3.63) is 58.1 Å². The number of rotatable bonds is 3. The van der Waals surface area contributed by atoms with Crippen LogP contribution in [0.2, 0.25) is 5.02 Å². The standard InChI is InChI=1S/C14H6ClF5O3/c15-9-2-1-6(3-8(9)14(18,19)20)23-7-4-10(16)12(13(21)22)11(17)5-7/h1-5H,(H,21,22). The van der Waals surface area contributed by atoms with Crippen LogP contribution in [-0.4, -0.2) is 11.1 Å². The van der Waals surface area contributed by atoms with Crippen molar-refractivity contribution >= 4 is 17.6 Å². The van der Waals surface area contributed by atoms with Crippen LogP contribution in [0.4, 0.5) is 22.0 Å². The Bertz CT molecular complexity index is 750. The number of carboxylic acid groups (broad SMARTS) is 1. The number of halogens is 6. The predicted molar refractivity (Wildman–Crippen MR) is 69.8 cm³/mol. The lowest BCUT2D eigenvalue weighted by Gasteiger charge is -2.12. The van der Waals surface area contributed by atoms with Gasteiger partial charge in [-0.2, -0.15) is 13.2 Å². The molecule has 0 saturated carbocycles. The summed E-state index contributed by atoms with van der Waals surface area (Å²) in [5.74, 6) is -5.53. The Morgan fingerprint density at radius 2 is 1.61 bits per heavy atom. The van der Waals surface area contributed by atoms with Gasteiger partial charge in [0.15, 0.2) is 0 Å². The van der Waals surface area contributed by atoms with Gasteiger partial charge in [0.25, 0.3) is 0 Å². The molecule has 1 N–H and O–H groups in total. The molecule has 0 spiro atoms. The Labute approximate surface area is 130 Å². The number of ether oxygens (including phenoxy) is 1. The highest BCUT2D eigenvalue weighted by Gasteiger charge is 2.33. The molecule has 2 aromatic carbocycles. The lowest BCUT2D eigenvalue weighted by atomic mass is 10.2. The van der Waals surface area contributed by atoms with Crippen molar-refractivity contribution in [2.75, 3.05) is 0 Å². The first kappa shape index (κ1) is 17.0. The van der Waals surface area contributed by atoms with Gasteiger partial charge in [0.05, 0.1) is 10.6 Å². The van der Waals surface area contributed by atoms with Gasteiger partial charge in [-0.15, -0.1) is 0 Å². The van der Waals surface area contributed by atoms with Crippen molar-refractivity contribution in [2.45, 2.75) is 6.18 Å². The van der Waals surface area contributed by atoms with E-state index in [1.807, 2.05) is 0 Å². The summed E-state index contributed by atoms with van der Waals surface area (Å²) in [5, 5.41) is 8.06. The third-order valence-corrected chi connectivity index (χ3v) is 3.04. The molecule has 2 rings (SSSR count). The molecule has 0 aliphatic carbocycles. The van der Waals surface area contributed by atoms with Crippen LogP contribution in [0.3, 0.4) is 0 Å². The quantitative estimate of drug-likeness (QED) is 0.779. The molecule has 0 bridgehead atoms. The van der Waals surface area contributed by atoms with E-state index in [0.717, 1.165) is 12.1 Å². The van der Waals surface area contributed by atoms with Crippen LogP contribution in [0.25, 0.3) is 0 Å². The fourth-order valence-corrected chi connectivity index (χ4v) is 1.96. The first-order chi connectivity index (χ1) is 10.6. The van der Waals surface area contributed by atoms with Gasteiger partial charge in [-0.1, -0.05) is 11.6 Å². The topological polar surface area (TPSA) is 46.5 Å². The maximum absolute atomic E-state index is 13.5. The molecule has 0 aliphatic rings. The Morgan fingerprint density at radius 1 is 1.04 bits per heavy atom. The molecule has 0 heterocycles. The van der Waals surface area contributed by atoms with Crippen LogP contribution in [0.1, 0.15) is 15.9 Å². The molecule has 3 nitrogen and oxygen atoms in total. The smallest absolute Gasteiger partial charge is 0.417 e. The maximum atomic E-state index is 13.5. The van der Waals surface area contributed by atoms with Gasteiger partial charge >= 0.3 is 12.1 Å². The molecule has 0 radical (unpaired) electrons. The number of hydrogen-bond acceptors (Lipinski definition) is 2. The highest BCUT2D eigenvalue weighted by atomic mass is 35.5. The average molecular weight is 353 g/mol. The summed E-state index contributed by atoms with van der Waals surface area (Å²) < 4.78 is 70.1. The van der Waals surface area contributed by atoms with E-state index in [4.69, 9.17) is 21.4 Å². The minimum absolute atomic E-state index is 0.372. The third kappa shape index (κ3) is 3.70. The fourth-order valence-electron chi connectivity index (χ4n) is 1.73. The molecule has 0 saturated heterocycles. The van der Waals surface area contributed by atoms with Crippen LogP contribution in [0.15, 0.2) is 30.3 Å². The van der Waals surface area contributed by atoms with E-state index >= 15 is 0 Å². The largest absolute Gasteiger partial charge is 0.477 e. The van der Waals surface area contributed by atoms with Crippen LogP contribution < -0.4 is 4.74 Å². The first-order valence-electron chi connectivity index (χ1n) is 5.86. The van der Waals surface area contributed by atoms with Crippen molar-refractivity contribution in [3.8, 4) is 11.5 Å². The third-order valence-electron chi connectivity index (χ3n) is 2.71. The maximum Gasteiger partial charge on any atom is 0.417 e. The molecule has 122 valence electrons. The Balaban J connectivity index is 2.39. The van der Waals surface area contributed by atoms with E-state index in [1.165, 1.54) is 0 Å². The van der Waals surface area contributed by atoms with Gasteiger partial charge < -0.3 is 9.84 Å². The van der Waals surface area contributed by atoms with E-state index in [9.17, 15) is 26.7 Å². The second-order valence-corrected chi connectivity index (χ2v) is 4.72. The molecule has 0 unspecified atom stereocenters. The van der Waals surface area contributed by atoms with E-state index in [-0.39, 0.29) is 5.75 Å². The molecule has 23 heavy (non-hydrogen) atoms. The van der Waals surface area contributed by atoms with Crippen molar-refractivity contribution in [1.82, 2.24) is 0 Å². The van der Waals surface area contributed by atoms with Crippen LogP contribution in [0.5, 0.6) is 11.5 Å². The van der Waals surface area contributed by atoms with Gasteiger partial charge in [-0.25, -0.2) is 13.6 Å². The monoisotopic (exact) mass is 352 g/mol. The SMILES string of the molecule is O=C(O)c1c(F)cc(Oc2ccc(Cl)c(C(F)(F)F)c2)cc1F. The summed E-state index contributed by atoms with van der Waals surface area (Å²) in [6.45, 7) is 0. The number of alkyl halides is 3. The lowest BCUT2D eigenvalue weighted by Crippen LogP contribution is -2.06. The molecule has 2 aromatic rings. The second-order valence-electron chi connectivity index (χ2n) is 4.31. The van der Waals surface area contributed by atoms with Crippen molar-refractivity contribution in [3.63, 3.8) is 0 Å². The highest BCUT2D eigenvalue weighted by Crippen LogP contribution is 2.37. The Kier molecular flexibility index (Phi) is 4.46. The minimum atomic E-state index is -4.74. The summed E-state index contributed by atoms with van der Waals surface area (Å²) in [4.78, 5) is 10.6. The number of carbonyl (C=O) groups is 1. The van der Waals surface area contributed by atoms with E-state index in [2.05, 4.69) is 0 Å². The summed E-state index contributed by atoms with van der Waals surface area (Å²) in [5.41, 5.74) is -2.37. The molecule has 0 atom stereocenters. The molecule has 0 aliphatic heterocycles. The molecule has 0 amide bonds. The molecule has 0 aromatic heterocycles. The van der Waals surface area contributed by atoms with Gasteiger partial charge in [0.2, 0.25) is 0 Å². The number of benzene rings is 2. The zero-order valence-electron chi connectivity index (χ0n) is 10.9. The summed E-state index contributed by atoms with van der Waals surface area (Å²) >= 11 is 5.43. The Hall–Kier alpha value is -2.35. The number of hydrogen-bond donors (Lipinski definition) is 1. The van der Waals surface area contributed by atoms with E-state index in [0.29, 0.717) is 18.2 Å². The Morgan fingerprint density at radius 3 is 2.09 bits per heavy atom. The van der Waals surface area contributed by atoms with Crippen molar-refractivity contribution in [1.29, 1.82) is 0 Å². The zero-order chi connectivity index (χ0) is 17.4. The van der Waals surface area contributed by atoms with E-state index < -0.39 is 45.7 Å². The predicted octanol–water partition coefficient (Wildman–Crippen LogP) is 5.13. The minimum Gasteiger partial charge on any atom is -0.477 e. The molecule has 0 fully saturated rings. The van der Waals surface area contributed by atoms with Gasteiger partial charge in [-0.05, 0) is 18.2 Å². The lowest BCUT2D eigenvalue weighted by molar-refractivity contribution is -0.137. The number of carboxylic acids is 1. The normalized spacial score (nSPS) is 11.4. The fraction of sp³-hybridized carbons (Fsp3) is 0.0714. The summed E-state index contributed by atoms with van der Waals surface area (Å²) in [6, 6.07) is 3.64. The van der Waals surface area contributed by atoms with Crippen LogP contribution in [0, 0.1) is 11.6 Å². The summed E-state index contributed by atoms with van der Waals surface area (Å²) in [6.07, 6.45) is -4.74. The zero-order valence-corrected chi connectivity index (χ0v) is 11.7. The van der Waals surface area contributed by atoms with Crippen LogP contribution in [-0.2, 0) is 6.18 Å². The molecule has 9 heteroatoms. The van der Waals surface area contributed by atoms with Crippen molar-refractivity contribution < 1.29 is 36.6 Å². The van der Waals surface area contributed by atoms with Gasteiger partial charge in [0, 0.05) is 12.1 Å². The first-order valence-corrected chi connectivity index (χ1v) is 6.24. The van der Waals surface area contributed by atoms with Crippen molar-refractivity contribution in [2.24, 2.45) is 0 Å². The second kappa shape index (κ2) is 6.04.